The maximum absolute atomic E-state index is 5.84. The minimum absolute atomic E-state index is 0.00241. The second kappa shape index (κ2) is 5.03. The van der Waals surface area contributed by atoms with E-state index in [1.54, 1.807) is 6.33 Å². The van der Waals surface area contributed by atoms with E-state index in [9.17, 15) is 0 Å². The van der Waals surface area contributed by atoms with E-state index in [1.807, 2.05) is 30.3 Å². The standard InChI is InChI=1S/C13H14N6/c14-6-10(9-4-2-1-3-5-9)19-13-11-12(16-7-15-11)17-8-18-13/h1-5,7-8,10H,6,14H2,(H2,15,16,17,18,19). The summed E-state index contributed by atoms with van der Waals surface area (Å²) < 4.78 is 0. The van der Waals surface area contributed by atoms with Crippen LogP contribution >= 0.6 is 0 Å². The molecule has 0 radical (unpaired) electrons. The Balaban J connectivity index is 1.93. The number of hydrogen-bond donors (Lipinski definition) is 3. The fraction of sp³-hybridized carbons (Fsp3) is 0.154. The zero-order chi connectivity index (χ0) is 13.1. The van der Waals surface area contributed by atoms with Crippen LogP contribution in [-0.2, 0) is 0 Å². The molecule has 0 aliphatic rings. The summed E-state index contributed by atoms with van der Waals surface area (Å²) in [5.41, 5.74) is 8.39. The van der Waals surface area contributed by atoms with E-state index in [4.69, 9.17) is 5.73 Å². The molecule has 2 aromatic heterocycles. The van der Waals surface area contributed by atoms with E-state index in [0.29, 0.717) is 18.0 Å². The third-order valence-electron chi connectivity index (χ3n) is 2.97. The highest BCUT2D eigenvalue weighted by Crippen LogP contribution is 2.21. The number of aromatic amines is 1. The lowest BCUT2D eigenvalue weighted by Crippen LogP contribution is -2.21. The Kier molecular flexibility index (Phi) is 3.07. The highest BCUT2D eigenvalue weighted by molar-refractivity contribution is 5.82. The van der Waals surface area contributed by atoms with E-state index >= 15 is 0 Å². The third-order valence-corrected chi connectivity index (χ3v) is 2.97. The van der Waals surface area contributed by atoms with Crippen LogP contribution in [-0.4, -0.2) is 26.5 Å². The Labute approximate surface area is 110 Å². The number of nitrogens with zero attached hydrogens (tertiary/aromatic N) is 3. The number of benzene rings is 1. The highest BCUT2D eigenvalue weighted by Gasteiger charge is 2.12. The fourth-order valence-electron chi connectivity index (χ4n) is 2.00. The highest BCUT2D eigenvalue weighted by atomic mass is 15.1. The zero-order valence-corrected chi connectivity index (χ0v) is 10.2. The second-order valence-corrected chi connectivity index (χ2v) is 4.17. The van der Waals surface area contributed by atoms with Gasteiger partial charge in [-0.15, -0.1) is 0 Å². The van der Waals surface area contributed by atoms with Crippen LogP contribution in [0.15, 0.2) is 43.0 Å². The number of rotatable bonds is 4. The normalized spacial score (nSPS) is 12.5. The molecule has 3 aromatic rings. The molecule has 1 atom stereocenters. The number of hydrogen-bond acceptors (Lipinski definition) is 5. The summed E-state index contributed by atoms with van der Waals surface area (Å²) in [6.45, 7) is 0.476. The predicted octanol–water partition coefficient (Wildman–Crippen LogP) is 1.46. The molecule has 3 rings (SSSR count). The molecule has 0 aliphatic heterocycles. The molecule has 96 valence electrons. The SMILES string of the molecule is NCC(Nc1ncnc2nc[nH]c12)c1ccccc1. The summed E-state index contributed by atoms with van der Waals surface area (Å²) in [6, 6.07) is 10.0. The van der Waals surface area contributed by atoms with Crippen molar-refractivity contribution in [2.24, 2.45) is 5.73 Å². The number of fused-ring (bicyclic) bond motifs is 1. The van der Waals surface area contributed by atoms with Crippen LogP contribution in [0.1, 0.15) is 11.6 Å². The molecule has 0 saturated carbocycles. The van der Waals surface area contributed by atoms with Gasteiger partial charge in [-0.05, 0) is 5.56 Å². The molecule has 1 aromatic carbocycles. The minimum atomic E-state index is 0.00241. The van der Waals surface area contributed by atoms with Crippen molar-refractivity contribution in [3.8, 4) is 0 Å². The number of anilines is 1. The van der Waals surface area contributed by atoms with E-state index in [1.165, 1.54) is 6.33 Å². The lowest BCUT2D eigenvalue weighted by Gasteiger charge is -2.17. The van der Waals surface area contributed by atoms with Gasteiger partial charge in [-0.25, -0.2) is 15.0 Å². The maximum atomic E-state index is 5.84. The third kappa shape index (κ3) is 2.25. The first-order chi connectivity index (χ1) is 9.38. The molecule has 2 heterocycles. The first-order valence-corrected chi connectivity index (χ1v) is 6.04. The van der Waals surface area contributed by atoms with Crippen LogP contribution in [0, 0.1) is 0 Å². The number of nitrogens with two attached hydrogens (primary N) is 1. The molecule has 0 aliphatic carbocycles. The maximum Gasteiger partial charge on any atom is 0.182 e. The van der Waals surface area contributed by atoms with Crippen LogP contribution < -0.4 is 11.1 Å². The van der Waals surface area contributed by atoms with Gasteiger partial charge in [0.05, 0.1) is 12.4 Å². The summed E-state index contributed by atoms with van der Waals surface area (Å²) in [5, 5.41) is 3.33. The molecule has 0 saturated heterocycles. The predicted molar refractivity (Wildman–Crippen MR) is 73.5 cm³/mol. The van der Waals surface area contributed by atoms with Gasteiger partial charge in [-0.3, -0.25) is 0 Å². The van der Waals surface area contributed by atoms with Crippen LogP contribution in [0.4, 0.5) is 5.82 Å². The molecule has 1 unspecified atom stereocenters. The Morgan fingerprint density at radius 2 is 2.00 bits per heavy atom. The van der Waals surface area contributed by atoms with E-state index < -0.39 is 0 Å². The van der Waals surface area contributed by atoms with Crippen molar-refractivity contribution in [2.75, 3.05) is 11.9 Å². The molecule has 0 spiro atoms. The van der Waals surface area contributed by atoms with Crippen molar-refractivity contribution in [1.29, 1.82) is 0 Å². The summed E-state index contributed by atoms with van der Waals surface area (Å²) in [5.74, 6) is 0.710. The lowest BCUT2D eigenvalue weighted by molar-refractivity contribution is 0.785. The van der Waals surface area contributed by atoms with Gasteiger partial charge in [0.2, 0.25) is 0 Å². The van der Waals surface area contributed by atoms with E-state index in [2.05, 4.69) is 25.3 Å². The molecule has 0 amide bonds. The van der Waals surface area contributed by atoms with E-state index in [-0.39, 0.29) is 6.04 Å². The first-order valence-electron chi connectivity index (χ1n) is 6.04. The van der Waals surface area contributed by atoms with Crippen LogP contribution in [0.2, 0.25) is 0 Å². The van der Waals surface area contributed by atoms with Gasteiger partial charge in [0.25, 0.3) is 0 Å². The van der Waals surface area contributed by atoms with E-state index in [0.717, 1.165) is 11.1 Å². The van der Waals surface area contributed by atoms with Gasteiger partial charge in [-0.1, -0.05) is 30.3 Å². The van der Waals surface area contributed by atoms with Crippen molar-refractivity contribution >= 4 is 17.0 Å². The Morgan fingerprint density at radius 1 is 1.16 bits per heavy atom. The van der Waals surface area contributed by atoms with Crippen LogP contribution in [0.5, 0.6) is 0 Å². The molecule has 19 heavy (non-hydrogen) atoms. The van der Waals surface area contributed by atoms with Crippen LogP contribution in [0.25, 0.3) is 11.2 Å². The van der Waals surface area contributed by atoms with Crippen molar-refractivity contribution < 1.29 is 0 Å². The van der Waals surface area contributed by atoms with Crippen molar-refractivity contribution in [2.45, 2.75) is 6.04 Å². The summed E-state index contributed by atoms with van der Waals surface area (Å²) >= 11 is 0. The van der Waals surface area contributed by atoms with Crippen molar-refractivity contribution in [3.05, 3.63) is 48.5 Å². The number of H-pyrrole nitrogens is 1. The summed E-state index contributed by atoms with van der Waals surface area (Å²) in [7, 11) is 0. The second-order valence-electron chi connectivity index (χ2n) is 4.17. The quantitative estimate of drug-likeness (QED) is 0.655. The molecule has 6 heteroatoms. The molecule has 6 nitrogen and oxygen atoms in total. The largest absolute Gasteiger partial charge is 0.360 e. The number of aromatic nitrogens is 4. The Bertz CT molecular complexity index is 663. The Hall–Kier alpha value is -2.47. The smallest absolute Gasteiger partial charge is 0.182 e. The lowest BCUT2D eigenvalue weighted by atomic mass is 10.1. The molecular weight excluding hydrogens is 240 g/mol. The average Bonchev–Trinajstić information content (AvgIpc) is 2.95. The van der Waals surface area contributed by atoms with Gasteiger partial charge in [0, 0.05) is 6.54 Å². The summed E-state index contributed by atoms with van der Waals surface area (Å²) in [4.78, 5) is 15.5. The van der Waals surface area contributed by atoms with Crippen LogP contribution in [0.3, 0.4) is 0 Å². The van der Waals surface area contributed by atoms with Gasteiger partial charge >= 0.3 is 0 Å². The average molecular weight is 254 g/mol. The Morgan fingerprint density at radius 3 is 2.79 bits per heavy atom. The topological polar surface area (TPSA) is 92.5 Å². The summed E-state index contributed by atoms with van der Waals surface area (Å²) in [6.07, 6.45) is 3.09. The molecule has 0 fully saturated rings. The first kappa shape index (κ1) is 11.6. The molecule has 4 N–H and O–H groups in total. The molecule has 0 bridgehead atoms. The molecular formula is C13H14N6. The number of imidazole rings is 1. The van der Waals surface area contributed by atoms with Gasteiger partial charge in [-0.2, -0.15) is 0 Å². The minimum Gasteiger partial charge on any atom is -0.360 e. The number of nitrogens with one attached hydrogen (secondary N) is 2. The van der Waals surface area contributed by atoms with Gasteiger partial charge in [0.1, 0.15) is 11.8 Å². The van der Waals surface area contributed by atoms with Crippen molar-refractivity contribution in [3.63, 3.8) is 0 Å². The zero-order valence-electron chi connectivity index (χ0n) is 10.2. The fourth-order valence-corrected chi connectivity index (χ4v) is 2.00. The van der Waals surface area contributed by atoms with Crippen molar-refractivity contribution in [1.82, 2.24) is 19.9 Å². The van der Waals surface area contributed by atoms with Gasteiger partial charge < -0.3 is 16.0 Å². The van der Waals surface area contributed by atoms with Gasteiger partial charge in [0.15, 0.2) is 11.5 Å². The monoisotopic (exact) mass is 254 g/mol.